The quantitative estimate of drug-likeness (QED) is 0.754. The fourth-order valence-corrected chi connectivity index (χ4v) is 3.03. The van der Waals surface area contributed by atoms with E-state index in [2.05, 4.69) is 9.82 Å². The summed E-state index contributed by atoms with van der Waals surface area (Å²) in [7, 11) is -2.06. The number of nitrogens with one attached hydrogen (secondary N) is 1. The first-order valence-corrected chi connectivity index (χ1v) is 7.65. The summed E-state index contributed by atoms with van der Waals surface area (Å²) >= 11 is 0. The Morgan fingerprint density at radius 1 is 1.53 bits per heavy atom. The summed E-state index contributed by atoms with van der Waals surface area (Å²) in [5.74, 6) is 0.105. The highest BCUT2D eigenvalue weighted by Crippen LogP contribution is 2.17. The lowest BCUT2D eigenvalue weighted by molar-refractivity contribution is 0.116. The zero-order valence-electron chi connectivity index (χ0n) is 11.8. The van der Waals surface area contributed by atoms with Gasteiger partial charge in [-0.25, -0.2) is 13.1 Å². The number of hydrogen-bond acceptors (Lipinski definition) is 5. The molecule has 110 valence electrons. The molecule has 19 heavy (non-hydrogen) atoms. The second-order valence-corrected chi connectivity index (χ2v) is 6.37. The molecule has 0 amide bonds. The lowest BCUT2D eigenvalue weighted by atomic mass is 10.1. The van der Waals surface area contributed by atoms with E-state index in [1.54, 1.807) is 7.05 Å². The van der Waals surface area contributed by atoms with Gasteiger partial charge in [0.1, 0.15) is 4.90 Å². The lowest BCUT2D eigenvalue weighted by Gasteiger charge is -2.21. The number of nitrogens with zero attached hydrogens (tertiary/aromatic N) is 2. The Morgan fingerprint density at radius 2 is 2.16 bits per heavy atom. The van der Waals surface area contributed by atoms with Crippen LogP contribution in [0.2, 0.25) is 0 Å². The summed E-state index contributed by atoms with van der Waals surface area (Å²) in [5.41, 5.74) is 5.60. The lowest BCUT2D eigenvalue weighted by Crippen LogP contribution is -2.41. The number of aromatic nitrogens is 2. The molecule has 1 heterocycles. The number of rotatable bonds is 7. The molecular formula is C11H22N4O3S. The Balaban J connectivity index is 2.91. The van der Waals surface area contributed by atoms with Crippen molar-refractivity contribution in [2.24, 2.45) is 13.0 Å². The molecule has 0 fully saturated rings. The largest absolute Gasteiger partial charge is 0.381 e. The normalized spacial score (nSPS) is 13.9. The van der Waals surface area contributed by atoms with Crippen molar-refractivity contribution in [3.8, 4) is 0 Å². The molecule has 1 atom stereocenters. The standard InChI is InChI=1S/C11H22N4O3S/c1-5-18-7-9(8(2)3)14-19(16,17)10-6-15(4)13-11(10)12/h6,8-9,14H,5,7H2,1-4H3,(H2,12,13). The maximum Gasteiger partial charge on any atom is 0.246 e. The highest BCUT2D eigenvalue weighted by Gasteiger charge is 2.26. The number of hydrogen-bond donors (Lipinski definition) is 2. The number of nitrogens with two attached hydrogens (primary N) is 1. The van der Waals surface area contributed by atoms with Crippen molar-refractivity contribution in [2.45, 2.75) is 31.7 Å². The maximum atomic E-state index is 12.2. The van der Waals surface area contributed by atoms with Gasteiger partial charge in [0.25, 0.3) is 0 Å². The predicted octanol–water partition coefficient (Wildman–Crippen LogP) is 0.342. The summed E-state index contributed by atoms with van der Waals surface area (Å²) < 4.78 is 33.8. The van der Waals surface area contributed by atoms with Crippen molar-refractivity contribution in [1.29, 1.82) is 0 Å². The minimum atomic E-state index is -3.68. The van der Waals surface area contributed by atoms with Crippen molar-refractivity contribution in [3.05, 3.63) is 6.20 Å². The molecule has 0 saturated carbocycles. The smallest absolute Gasteiger partial charge is 0.246 e. The van der Waals surface area contributed by atoms with Gasteiger partial charge >= 0.3 is 0 Å². The van der Waals surface area contributed by atoms with E-state index in [1.807, 2.05) is 20.8 Å². The third kappa shape index (κ3) is 4.19. The summed E-state index contributed by atoms with van der Waals surface area (Å²) in [4.78, 5) is -0.00264. The molecule has 0 aliphatic carbocycles. The monoisotopic (exact) mass is 290 g/mol. The second-order valence-electron chi connectivity index (χ2n) is 4.68. The van der Waals surface area contributed by atoms with Gasteiger partial charge in [0, 0.05) is 25.9 Å². The minimum absolute atomic E-state index is 0.00264. The van der Waals surface area contributed by atoms with Gasteiger partial charge in [-0.2, -0.15) is 5.10 Å². The third-order valence-electron chi connectivity index (χ3n) is 2.72. The van der Waals surface area contributed by atoms with Crippen LogP contribution in [-0.4, -0.2) is 37.5 Å². The van der Waals surface area contributed by atoms with Crippen molar-refractivity contribution < 1.29 is 13.2 Å². The fraction of sp³-hybridized carbons (Fsp3) is 0.727. The first-order chi connectivity index (χ1) is 8.77. The topological polar surface area (TPSA) is 99.2 Å². The van der Waals surface area contributed by atoms with Crippen molar-refractivity contribution in [3.63, 3.8) is 0 Å². The predicted molar refractivity (Wildman–Crippen MR) is 73.1 cm³/mol. The van der Waals surface area contributed by atoms with E-state index in [0.717, 1.165) is 0 Å². The van der Waals surface area contributed by atoms with E-state index in [0.29, 0.717) is 13.2 Å². The Morgan fingerprint density at radius 3 is 2.58 bits per heavy atom. The average Bonchev–Trinajstić information content (AvgIpc) is 2.64. The number of aryl methyl sites for hydroxylation is 1. The van der Waals surface area contributed by atoms with Crippen LogP contribution in [-0.2, 0) is 21.8 Å². The molecule has 0 radical (unpaired) electrons. The van der Waals surface area contributed by atoms with Crippen molar-refractivity contribution in [1.82, 2.24) is 14.5 Å². The Bertz CT molecular complexity index is 510. The Kier molecular flexibility index (Phi) is 5.33. The first-order valence-electron chi connectivity index (χ1n) is 6.17. The summed E-state index contributed by atoms with van der Waals surface area (Å²) in [6, 6.07) is -0.301. The van der Waals surface area contributed by atoms with Crippen LogP contribution in [0.3, 0.4) is 0 Å². The average molecular weight is 290 g/mol. The third-order valence-corrected chi connectivity index (χ3v) is 4.23. The molecule has 1 aromatic heterocycles. The molecule has 3 N–H and O–H groups in total. The Labute approximate surface area is 114 Å². The van der Waals surface area contributed by atoms with E-state index in [1.165, 1.54) is 10.9 Å². The highest BCUT2D eigenvalue weighted by molar-refractivity contribution is 7.89. The van der Waals surface area contributed by atoms with Gasteiger partial charge in [-0.1, -0.05) is 13.8 Å². The van der Waals surface area contributed by atoms with Gasteiger partial charge in [0.15, 0.2) is 5.82 Å². The SMILES string of the molecule is CCOCC(NS(=O)(=O)c1cn(C)nc1N)C(C)C. The summed E-state index contributed by atoms with van der Waals surface area (Å²) in [6.07, 6.45) is 1.38. The molecule has 0 spiro atoms. The van der Waals surface area contributed by atoms with Gasteiger partial charge in [-0.05, 0) is 12.8 Å². The van der Waals surface area contributed by atoms with Gasteiger partial charge < -0.3 is 10.5 Å². The van der Waals surface area contributed by atoms with Crippen LogP contribution in [0.1, 0.15) is 20.8 Å². The van der Waals surface area contributed by atoms with E-state index < -0.39 is 10.0 Å². The number of ether oxygens (including phenoxy) is 1. The molecule has 7 nitrogen and oxygen atoms in total. The number of anilines is 1. The zero-order valence-corrected chi connectivity index (χ0v) is 12.6. The van der Waals surface area contributed by atoms with Gasteiger partial charge in [-0.15, -0.1) is 0 Å². The van der Waals surface area contributed by atoms with Crippen LogP contribution in [0.15, 0.2) is 11.1 Å². The highest BCUT2D eigenvalue weighted by atomic mass is 32.2. The van der Waals surface area contributed by atoms with Gasteiger partial charge in [-0.3, -0.25) is 4.68 Å². The van der Waals surface area contributed by atoms with Gasteiger partial charge in [0.05, 0.1) is 6.61 Å². The first kappa shape index (κ1) is 15.9. The molecular weight excluding hydrogens is 268 g/mol. The van der Waals surface area contributed by atoms with E-state index in [4.69, 9.17) is 10.5 Å². The molecule has 0 aliphatic rings. The number of sulfonamides is 1. The van der Waals surface area contributed by atoms with Crippen LogP contribution >= 0.6 is 0 Å². The molecule has 1 unspecified atom stereocenters. The van der Waals surface area contributed by atoms with Crippen LogP contribution < -0.4 is 10.5 Å². The molecule has 0 aromatic carbocycles. The molecule has 0 bridgehead atoms. The molecule has 8 heteroatoms. The van der Waals surface area contributed by atoms with Crippen LogP contribution in [0.4, 0.5) is 5.82 Å². The van der Waals surface area contributed by atoms with Crippen LogP contribution in [0, 0.1) is 5.92 Å². The molecule has 0 saturated heterocycles. The van der Waals surface area contributed by atoms with Crippen LogP contribution in [0.25, 0.3) is 0 Å². The molecule has 1 aromatic rings. The van der Waals surface area contributed by atoms with Crippen molar-refractivity contribution in [2.75, 3.05) is 18.9 Å². The zero-order chi connectivity index (χ0) is 14.6. The summed E-state index contributed by atoms with van der Waals surface area (Å²) in [5, 5.41) is 3.84. The maximum absolute atomic E-state index is 12.2. The number of nitrogen functional groups attached to an aromatic ring is 1. The molecule has 1 rings (SSSR count). The van der Waals surface area contributed by atoms with E-state index >= 15 is 0 Å². The minimum Gasteiger partial charge on any atom is -0.381 e. The van der Waals surface area contributed by atoms with E-state index in [-0.39, 0.29) is 22.7 Å². The second kappa shape index (κ2) is 6.36. The summed E-state index contributed by atoms with van der Waals surface area (Å²) in [6.45, 7) is 6.59. The van der Waals surface area contributed by atoms with E-state index in [9.17, 15) is 8.42 Å². The van der Waals surface area contributed by atoms with Crippen molar-refractivity contribution >= 4 is 15.8 Å². The van der Waals surface area contributed by atoms with Crippen LogP contribution in [0.5, 0.6) is 0 Å². The fourth-order valence-electron chi connectivity index (χ4n) is 1.56. The van der Waals surface area contributed by atoms with Gasteiger partial charge in [0.2, 0.25) is 10.0 Å². The Hall–Kier alpha value is -1.12. The molecule has 0 aliphatic heterocycles.